The van der Waals surface area contributed by atoms with Crippen molar-refractivity contribution in [3.8, 4) is 5.75 Å². The van der Waals surface area contributed by atoms with E-state index in [1.165, 1.54) is 0 Å². The van der Waals surface area contributed by atoms with Gasteiger partial charge in [0.2, 0.25) is 5.91 Å². The molecule has 0 radical (unpaired) electrons. The lowest BCUT2D eigenvalue weighted by molar-refractivity contribution is -0.121. The van der Waals surface area contributed by atoms with E-state index in [4.69, 9.17) is 4.74 Å². The van der Waals surface area contributed by atoms with Crippen molar-refractivity contribution in [1.29, 1.82) is 0 Å². The van der Waals surface area contributed by atoms with Crippen LogP contribution < -0.4 is 9.64 Å². The van der Waals surface area contributed by atoms with Crippen molar-refractivity contribution in [3.05, 3.63) is 24.3 Å². The van der Waals surface area contributed by atoms with Gasteiger partial charge in [-0.3, -0.25) is 4.79 Å². The average molecular weight is 221 g/mol. The van der Waals surface area contributed by atoms with Crippen molar-refractivity contribution < 1.29 is 14.6 Å². The first kappa shape index (κ1) is 11.0. The van der Waals surface area contributed by atoms with Crippen LogP contribution in [0, 0.1) is 0 Å². The number of para-hydroxylation sites is 2. The topological polar surface area (TPSA) is 49.8 Å². The summed E-state index contributed by atoms with van der Waals surface area (Å²) in [5.41, 5.74) is 0.730. The molecule has 2 rings (SSSR count). The van der Waals surface area contributed by atoms with Crippen LogP contribution in [0.4, 0.5) is 5.69 Å². The van der Waals surface area contributed by atoms with Gasteiger partial charge in [0.05, 0.1) is 25.4 Å². The normalized spacial score (nSPS) is 21.0. The van der Waals surface area contributed by atoms with Crippen molar-refractivity contribution in [1.82, 2.24) is 0 Å². The Balaban J connectivity index is 2.31. The Morgan fingerprint density at radius 2 is 2.19 bits per heavy atom. The molecule has 0 bridgehead atoms. The molecule has 1 N–H and O–H groups in total. The van der Waals surface area contributed by atoms with Crippen molar-refractivity contribution in [3.63, 3.8) is 0 Å². The first-order valence-corrected chi connectivity index (χ1v) is 5.34. The lowest BCUT2D eigenvalue weighted by Gasteiger charge is -2.30. The number of nitrogens with zero attached hydrogens (tertiary/aromatic N) is 1. The largest absolute Gasteiger partial charge is 0.495 e. The Hall–Kier alpha value is -1.55. The minimum Gasteiger partial charge on any atom is -0.495 e. The molecule has 1 aromatic rings. The molecule has 4 heteroatoms. The van der Waals surface area contributed by atoms with E-state index in [1.807, 2.05) is 24.3 Å². The van der Waals surface area contributed by atoms with Crippen LogP contribution in [0.15, 0.2) is 24.3 Å². The fourth-order valence-electron chi connectivity index (χ4n) is 1.91. The maximum Gasteiger partial charge on any atom is 0.227 e. The molecule has 1 atom stereocenters. The van der Waals surface area contributed by atoms with Gasteiger partial charge in [0, 0.05) is 6.42 Å². The second-order valence-corrected chi connectivity index (χ2v) is 3.87. The molecule has 0 aromatic heterocycles. The molecule has 1 aliphatic rings. The fourth-order valence-corrected chi connectivity index (χ4v) is 1.91. The second kappa shape index (κ2) is 4.53. The molecule has 1 unspecified atom stereocenters. The number of aliphatic hydroxyl groups excluding tert-OH is 1. The molecular weight excluding hydrogens is 206 g/mol. The summed E-state index contributed by atoms with van der Waals surface area (Å²) in [7, 11) is 1.57. The summed E-state index contributed by atoms with van der Waals surface area (Å²) in [6.45, 7) is 0.346. The number of carbonyl (C=O) groups is 1. The summed E-state index contributed by atoms with van der Waals surface area (Å²) in [6.07, 6.45) is 0.492. The van der Waals surface area contributed by atoms with Gasteiger partial charge in [-0.05, 0) is 18.6 Å². The van der Waals surface area contributed by atoms with Crippen LogP contribution in [0.1, 0.15) is 12.8 Å². The Bertz CT molecular complexity index is 392. The minimum absolute atomic E-state index is 0.0369. The van der Waals surface area contributed by atoms with E-state index < -0.39 is 6.10 Å². The zero-order valence-corrected chi connectivity index (χ0v) is 9.22. The Kier molecular flexibility index (Phi) is 3.10. The van der Waals surface area contributed by atoms with E-state index in [1.54, 1.807) is 12.0 Å². The van der Waals surface area contributed by atoms with Crippen molar-refractivity contribution in [2.24, 2.45) is 0 Å². The molecule has 16 heavy (non-hydrogen) atoms. The number of hydrogen-bond donors (Lipinski definition) is 1. The number of benzene rings is 1. The molecule has 0 aliphatic carbocycles. The van der Waals surface area contributed by atoms with Crippen LogP contribution in [-0.2, 0) is 4.79 Å². The standard InChI is InChI=1S/C12H15NO3/c1-16-11-5-3-2-4-10(11)13-8-9(14)6-7-12(13)15/h2-5,9,14H,6-8H2,1H3. The third kappa shape index (κ3) is 2.02. The summed E-state index contributed by atoms with van der Waals surface area (Å²) in [6, 6.07) is 7.34. The number of piperidine rings is 1. The highest BCUT2D eigenvalue weighted by Gasteiger charge is 2.26. The zero-order chi connectivity index (χ0) is 11.5. The van der Waals surface area contributed by atoms with Gasteiger partial charge in [-0.1, -0.05) is 12.1 Å². The quantitative estimate of drug-likeness (QED) is 0.816. The second-order valence-electron chi connectivity index (χ2n) is 3.87. The minimum atomic E-state index is -0.442. The van der Waals surface area contributed by atoms with Gasteiger partial charge in [-0.15, -0.1) is 0 Å². The van der Waals surface area contributed by atoms with Crippen molar-refractivity contribution >= 4 is 11.6 Å². The highest BCUT2D eigenvalue weighted by Crippen LogP contribution is 2.30. The van der Waals surface area contributed by atoms with Gasteiger partial charge in [-0.25, -0.2) is 0 Å². The lowest BCUT2D eigenvalue weighted by atomic mass is 10.1. The predicted octanol–water partition coefficient (Wildman–Crippen LogP) is 1.18. The van der Waals surface area contributed by atoms with E-state index in [0.717, 1.165) is 5.69 Å². The monoisotopic (exact) mass is 221 g/mol. The van der Waals surface area contributed by atoms with E-state index >= 15 is 0 Å². The van der Waals surface area contributed by atoms with E-state index in [2.05, 4.69) is 0 Å². The van der Waals surface area contributed by atoms with Crippen LogP contribution >= 0.6 is 0 Å². The maximum absolute atomic E-state index is 11.8. The first-order valence-electron chi connectivity index (χ1n) is 5.34. The Labute approximate surface area is 94.4 Å². The van der Waals surface area contributed by atoms with E-state index in [9.17, 15) is 9.90 Å². The molecule has 1 fully saturated rings. The fraction of sp³-hybridized carbons (Fsp3) is 0.417. The first-order chi connectivity index (χ1) is 7.72. The predicted molar refractivity (Wildman–Crippen MR) is 60.6 cm³/mol. The SMILES string of the molecule is COc1ccccc1N1CC(O)CCC1=O. The number of aliphatic hydroxyl groups is 1. The number of carbonyl (C=O) groups excluding carboxylic acids is 1. The third-order valence-corrected chi connectivity index (χ3v) is 2.76. The van der Waals surface area contributed by atoms with Gasteiger partial charge >= 0.3 is 0 Å². The van der Waals surface area contributed by atoms with Crippen LogP contribution in [0.5, 0.6) is 5.75 Å². The third-order valence-electron chi connectivity index (χ3n) is 2.76. The van der Waals surface area contributed by atoms with Crippen LogP contribution in [0.25, 0.3) is 0 Å². The van der Waals surface area contributed by atoms with Crippen LogP contribution in [0.3, 0.4) is 0 Å². The summed E-state index contributed by atoms with van der Waals surface area (Å²) in [5, 5.41) is 9.59. The average Bonchev–Trinajstić information content (AvgIpc) is 2.32. The highest BCUT2D eigenvalue weighted by atomic mass is 16.5. The van der Waals surface area contributed by atoms with Gasteiger partial charge in [0.25, 0.3) is 0 Å². The number of β-amino-alcohol motifs (C(OH)–C–C–N with tert-alkyl or cyclic N) is 1. The van der Waals surface area contributed by atoms with Gasteiger partial charge in [-0.2, -0.15) is 0 Å². The number of anilines is 1. The number of methoxy groups -OCH3 is 1. The zero-order valence-electron chi connectivity index (χ0n) is 9.22. The molecule has 0 saturated carbocycles. The van der Waals surface area contributed by atoms with E-state index in [0.29, 0.717) is 25.1 Å². The summed E-state index contributed by atoms with van der Waals surface area (Å²) in [5.74, 6) is 0.694. The molecule has 0 spiro atoms. The van der Waals surface area contributed by atoms with Crippen LogP contribution in [0.2, 0.25) is 0 Å². The molecule has 1 saturated heterocycles. The van der Waals surface area contributed by atoms with E-state index in [-0.39, 0.29) is 5.91 Å². The smallest absolute Gasteiger partial charge is 0.227 e. The number of rotatable bonds is 2. The molecular formula is C12H15NO3. The maximum atomic E-state index is 11.8. The molecule has 1 amide bonds. The van der Waals surface area contributed by atoms with Gasteiger partial charge in [0.1, 0.15) is 5.75 Å². The molecule has 1 heterocycles. The van der Waals surface area contributed by atoms with Crippen molar-refractivity contribution in [2.75, 3.05) is 18.6 Å². The van der Waals surface area contributed by atoms with Crippen LogP contribution in [-0.4, -0.2) is 30.8 Å². The van der Waals surface area contributed by atoms with Crippen molar-refractivity contribution in [2.45, 2.75) is 18.9 Å². The summed E-state index contributed by atoms with van der Waals surface area (Å²) >= 11 is 0. The molecule has 86 valence electrons. The molecule has 1 aliphatic heterocycles. The highest BCUT2D eigenvalue weighted by molar-refractivity contribution is 5.95. The summed E-state index contributed by atoms with van der Waals surface area (Å²) < 4.78 is 5.21. The number of hydrogen-bond acceptors (Lipinski definition) is 3. The van der Waals surface area contributed by atoms with Gasteiger partial charge in [0.15, 0.2) is 0 Å². The Morgan fingerprint density at radius 3 is 2.94 bits per heavy atom. The molecule has 4 nitrogen and oxygen atoms in total. The number of amides is 1. The number of ether oxygens (including phenoxy) is 1. The lowest BCUT2D eigenvalue weighted by Crippen LogP contribution is -2.42. The van der Waals surface area contributed by atoms with Gasteiger partial charge < -0.3 is 14.7 Å². The summed E-state index contributed by atoms with van der Waals surface area (Å²) in [4.78, 5) is 13.4. The Morgan fingerprint density at radius 1 is 1.44 bits per heavy atom. The molecule has 1 aromatic carbocycles.